The van der Waals surface area contributed by atoms with Crippen LogP contribution in [0.2, 0.25) is 0 Å². The van der Waals surface area contributed by atoms with Crippen LogP contribution in [0.25, 0.3) is 0 Å². The summed E-state index contributed by atoms with van der Waals surface area (Å²) in [6.07, 6.45) is 1.32. The summed E-state index contributed by atoms with van der Waals surface area (Å²) >= 11 is 0. The maximum absolute atomic E-state index is 11.9. The van der Waals surface area contributed by atoms with E-state index in [1.165, 1.54) is 0 Å². The zero-order valence-electron chi connectivity index (χ0n) is 11.5. The van der Waals surface area contributed by atoms with Gasteiger partial charge in [0.25, 0.3) is 5.91 Å². The molecule has 102 valence electrons. The first-order chi connectivity index (χ1) is 8.38. The van der Waals surface area contributed by atoms with Gasteiger partial charge in [0.2, 0.25) is 0 Å². The van der Waals surface area contributed by atoms with Gasteiger partial charge < -0.3 is 14.9 Å². The second-order valence-electron chi connectivity index (χ2n) is 5.42. The molecule has 18 heavy (non-hydrogen) atoms. The Balaban J connectivity index is 2.70. The Morgan fingerprint density at radius 2 is 2.22 bits per heavy atom. The number of rotatable bonds is 5. The van der Waals surface area contributed by atoms with Crippen molar-refractivity contribution in [1.82, 2.24) is 10.5 Å². The molecule has 0 radical (unpaired) electrons. The monoisotopic (exact) mass is 254 g/mol. The molecule has 0 saturated carbocycles. The summed E-state index contributed by atoms with van der Waals surface area (Å²) in [4.78, 5) is 11.9. The van der Waals surface area contributed by atoms with Crippen LogP contribution in [0.5, 0.6) is 0 Å². The van der Waals surface area contributed by atoms with E-state index < -0.39 is 0 Å². The average molecular weight is 254 g/mol. The summed E-state index contributed by atoms with van der Waals surface area (Å²) in [5.74, 6) is 0.428. The Hall–Kier alpha value is -1.36. The van der Waals surface area contributed by atoms with Gasteiger partial charge in [-0.3, -0.25) is 4.79 Å². The second-order valence-corrected chi connectivity index (χ2v) is 5.42. The molecule has 0 saturated heterocycles. The van der Waals surface area contributed by atoms with Crippen molar-refractivity contribution in [3.05, 3.63) is 17.5 Å². The molecule has 0 fully saturated rings. The number of carbonyl (C=O) groups is 1. The van der Waals surface area contributed by atoms with E-state index in [-0.39, 0.29) is 29.7 Å². The zero-order chi connectivity index (χ0) is 13.8. The minimum atomic E-state index is -0.255. The number of nitrogens with one attached hydrogen (secondary N) is 1. The third-order valence-corrected chi connectivity index (χ3v) is 2.79. The molecule has 5 nitrogen and oxygen atoms in total. The molecule has 0 aliphatic rings. The van der Waals surface area contributed by atoms with Crippen LogP contribution in [0, 0.1) is 0 Å². The molecule has 1 atom stereocenters. The number of nitrogens with zero attached hydrogens (tertiary/aromatic N) is 1. The third kappa shape index (κ3) is 3.84. The summed E-state index contributed by atoms with van der Waals surface area (Å²) in [6.45, 7) is 8.01. The third-order valence-electron chi connectivity index (χ3n) is 2.79. The van der Waals surface area contributed by atoms with Gasteiger partial charge in [0.1, 0.15) is 5.76 Å². The lowest BCUT2D eigenvalue weighted by molar-refractivity contribution is 0.0919. The van der Waals surface area contributed by atoms with E-state index in [1.807, 2.05) is 27.7 Å². The number of hydrogen-bond donors (Lipinski definition) is 2. The molecule has 1 heterocycles. The van der Waals surface area contributed by atoms with Crippen LogP contribution in [-0.2, 0) is 5.41 Å². The summed E-state index contributed by atoms with van der Waals surface area (Å²) in [5, 5.41) is 15.5. The van der Waals surface area contributed by atoms with Crippen molar-refractivity contribution in [2.45, 2.75) is 52.0 Å². The number of amides is 1. The van der Waals surface area contributed by atoms with E-state index in [0.29, 0.717) is 12.2 Å². The van der Waals surface area contributed by atoms with Crippen LogP contribution >= 0.6 is 0 Å². The normalized spacial score (nSPS) is 13.4. The van der Waals surface area contributed by atoms with Crippen molar-refractivity contribution in [3.8, 4) is 0 Å². The molecule has 1 rings (SSSR count). The lowest BCUT2D eigenvalue weighted by Gasteiger charge is -2.14. The second kappa shape index (κ2) is 6.00. The first kappa shape index (κ1) is 14.7. The van der Waals surface area contributed by atoms with Gasteiger partial charge in [-0.15, -0.1) is 0 Å². The molecular formula is C13H22N2O3. The quantitative estimate of drug-likeness (QED) is 0.841. The van der Waals surface area contributed by atoms with Crippen LogP contribution in [0.4, 0.5) is 0 Å². The highest BCUT2D eigenvalue weighted by molar-refractivity contribution is 5.92. The number of hydrogen-bond acceptors (Lipinski definition) is 4. The van der Waals surface area contributed by atoms with Gasteiger partial charge in [0.05, 0.1) is 0 Å². The Kier molecular flexibility index (Phi) is 4.90. The zero-order valence-corrected chi connectivity index (χ0v) is 11.5. The Bertz CT molecular complexity index is 393. The molecule has 0 bridgehead atoms. The fourth-order valence-corrected chi connectivity index (χ4v) is 1.53. The standard InChI is InChI=1S/C13H22N2O3/c1-5-9(6-7-16)14-12(17)10-8-11(18-15-10)13(2,3)4/h8-9,16H,5-7H2,1-4H3,(H,14,17). The van der Waals surface area contributed by atoms with Crippen molar-refractivity contribution in [3.63, 3.8) is 0 Å². The fraction of sp³-hybridized carbons (Fsp3) is 0.692. The molecule has 1 unspecified atom stereocenters. The van der Waals surface area contributed by atoms with E-state index in [1.54, 1.807) is 6.07 Å². The highest BCUT2D eigenvalue weighted by Gasteiger charge is 2.22. The van der Waals surface area contributed by atoms with Crippen molar-refractivity contribution in [1.29, 1.82) is 0 Å². The fourth-order valence-electron chi connectivity index (χ4n) is 1.53. The van der Waals surface area contributed by atoms with Crippen LogP contribution in [0.1, 0.15) is 56.8 Å². The highest BCUT2D eigenvalue weighted by atomic mass is 16.5. The van der Waals surface area contributed by atoms with Crippen molar-refractivity contribution in [2.24, 2.45) is 0 Å². The molecule has 0 aromatic carbocycles. The molecular weight excluding hydrogens is 232 g/mol. The average Bonchev–Trinajstić information content (AvgIpc) is 2.77. The maximum Gasteiger partial charge on any atom is 0.273 e. The van der Waals surface area contributed by atoms with Crippen LogP contribution < -0.4 is 5.32 Å². The van der Waals surface area contributed by atoms with Crippen LogP contribution in [0.3, 0.4) is 0 Å². The molecule has 1 aromatic rings. The van der Waals surface area contributed by atoms with E-state index >= 15 is 0 Å². The number of aliphatic hydroxyl groups is 1. The highest BCUT2D eigenvalue weighted by Crippen LogP contribution is 2.22. The minimum absolute atomic E-state index is 0.0303. The van der Waals surface area contributed by atoms with E-state index in [2.05, 4.69) is 10.5 Å². The topological polar surface area (TPSA) is 75.4 Å². The van der Waals surface area contributed by atoms with Gasteiger partial charge in [0.15, 0.2) is 5.69 Å². The number of aromatic nitrogens is 1. The van der Waals surface area contributed by atoms with Gasteiger partial charge >= 0.3 is 0 Å². The molecule has 2 N–H and O–H groups in total. The smallest absolute Gasteiger partial charge is 0.273 e. The van der Waals surface area contributed by atoms with Gasteiger partial charge in [0, 0.05) is 24.1 Å². The largest absolute Gasteiger partial charge is 0.396 e. The van der Waals surface area contributed by atoms with Gasteiger partial charge in [-0.1, -0.05) is 32.9 Å². The molecule has 0 spiro atoms. The lowest BCUT2D eigenvalue weighted by atomic mass is 9.93. The molecule has 1 aromatic heterocycles. The van der Waals surface area contributed by atoms with Crippen LogP contribution in [-0.4, -0.2) is 28.8 Å². The summed E-state index contributed by atoms with van der Waals surface area (Å²) < 4.78 is 5.17. The first-order valence-corrected chi connectivity index (χ1v) is 6.27. The SMILES string of the molecule is CCC(CCO)NC(=O)c1cc(C(C)(C)C)on1. The molecule has 5 heteroatoms. The van der Waals surface area contributed by atoms with Crippen molar-refractivity contribution < 1.29 is 14.4 Å². The van der Waals surface area contributed by atoms with Gasteiger partial charge in [-0.25, -0.2) is 0 Å². The Morgan fingerprint density at radius 1 is 1.56 bits per heavy atom. The Labute approximate surface area is 108 Å². The van der Waals surface area contributed by atoms with E-state index in [9.17, 15) is 4.79 Å². The van der Waals surface area contributed by atoms with Crippen molar-refractivity contribution >= 4 is 5.91 Å². The van der Waals surface area contributed by atoms with E-state index in [4.69, 9.17) is 9.63 Å². The van der Waals surface area contributed by atoms with E-state index in [0.717, 1.165) is 6.42 Å². The van der Waals surface area contributed by atoms with Gasteiger partial charge in [-0.05, 0) is 12.8 Å². The van der Waals surface area contributed by atoms with Crippen molar-refractivity contribution in [2.75, 3.05) is 6.61 Å². The van der Waals surface area contributed by atoms with Gasteiger partial charge in [-0.2, -0.15) is 0 Å². The maximum atomic E-state index is 11.9. The Morgan fingerprint density at radius 3 is 2.67 bits per heavy atom. The number of carbonyl (C=O) groups excluding carboxylic acids is 1. The molecule has 0 aliphatic carbocycles. The minimum Gasteiger partial charge on any atom is -0.396 e. The summed E-state index contributed by atoms with van der Waals surface area (Å²) in [6, 6.07) is 1.64. The summed E-state index contributed by atoms with van der Waals surface area (Å²) in [7, 11) is 0. The molecule has 1 amide bonds. The first-order valence-electron chi connectivity index (χ1n) is 6.27. The number of aliphatic hydroxyl groups excluding tert-OH is 1. The predicted molar refractivity (Wildman–Crippen MR) is 68.5 cm³/mol. The summed E-state index contributed by atoms with van der Waals surface area (Å²) in [5.41, 5.74) is 0.122. The van der Waals surface area contributed by atoms with Crippen LogP contribution in [0.15, 0.2) is 10.6 Å². The molecule has 0 aliphatic heterocycles. The predicted octanol–water partition coefficient (Wildman–Crippen LogP) is 1.86. The lowest BCUT2D eigenvalue weighted by Crippen LogP contribution is -2.35.